The summed E-state index contributed by atoms with van der Waals surface area (Å²) in [6.07, 6.45) is 6.51. The van der Waals surface area contributed by atoms with Crippen molar-refractivity contribution in [2.75, 3.05) is 93.1 Å². The van der Waals surface area contributed by atoms with Gasteiger partial charge in [-0.15, -0.1) is 0 Å². The number of ketones is 4. The Morgan fingerprint density at radius 2 is 0.921 bits per heavy atom. The number of nitrogens with two attached hydrogens (primary N) is 2. The van der Waals surface area contributed by atoms with Gasteiger partial charge in [-0.2, -0.15) is 0 Å². The number of benzene rings is 2. The van der Waals surface area contributed by atoms with Crippen LogP contribution < -0.4 is 42.2 Å². The van der Waals surface area contributed by atoms with Crippen molar-refractivity contribution >= 4 is 52.9 Å². The van der Waals surface area contributed by atoms with E-state index in [0.29, 0.717) is 116 Å². The lowest BCUT2D eigenvalue weighted by Gasteiger charge is -2.31. The van der Waals surface area contributed by atoms with E-state index in [-0.39, 0.29) is 104 Å². The van der Waals surface area contributed by atoms with Crippen LogP contribution in [0.3, 0.4) is 0 Å². The van der Waals surface area contributed by atoms with E-state index in [0.717, 1.165) is 36.8 Å². The van der Waals surface area contributed by atoms with Crippen molar-refractivity contribution in [2.45, 2.75) is 165 Å². The molecular formula is C65H96N8O16. The van der Waals surface area contributed by atoms with Crippen molar-refractivity contribution in [3.8, 4) is 11.5 Å². The second-order valence-corrected chi connectivity index (χ2v) is 25.4. The van der Waals surface area contributed by atoms with E-state index >= 15 is 0 Å². The van der Waals surface area contributed by atoms with E-state index in [1.54, 1.807) is 54.0 Å². The third-order valence-electron chi connectivity index (χ3n) is 18.2. The SMILES string of the molecule is COc1ccc(CC(CC(=O)C(C)NC(=O)CN2CCOCC2)C(=O)NC(CC2CCC(N)CC2)C(=O)C2(C)CO2)cc1.COc1ccc(CC(CC(=O)C(C)NC(=O)CN2CCOCC2)C(=O)NC(CC2CCC(OC(N)=O)CC2)C(=O)C2(C)CO2)cc1. The molecule has 8 atom stereocenters. The summed E-state index contributed by atoms with van der Waals surface area (Å²) in [6.45, 7) is 12.6. The Bertz CT molecular complexity index is 2700. The van der Waals surface area contributed by atoms with Crippen LogP contribution in [0.15, 0.2) is 48.5 Å². The average Bonchev–Trinajstić information content (AvgIpc) is 1.77. The molecule has 4 saturated heterocycles. The molecule has 5 amide bonds. The van der Waals surface area contributed by atoms with Crippen molar-refractivity contribution in [1.82, 2.24) is 31.1 Å². The van der Waals surface area contributed by atoms with E-state index in [4.69, 9.17) is 44.6 Å². The number of Topliss-reactive ketones (excluding diaryl/α,β-unsaturated/α-hetero) is 4. The van der Waals surface area contributed by atoms with Crippen molar-refractivity contribution in [3.63, 3.8) is 0 Å². The highest BCUT2D eigenvalue weighted by molar-refractivity contribution is 5.99. The molecule has 4 heterocycles. The topological polar surface area (TPSA) is 331 Å². The van der Waals surface area contributed by atoms with Gasteiger partial charge in [0.2, 0.25) is 23.6 Å². The molecule has 2 aliphatic carbocycles. The predicted molar refractivity (Wildman–Crippen MR) is 328 cm³/mol. The molecule has 6 fully saturated rings. The Hall–Kier alpha value is -6.41. The lowest BCUT2D eigenvalue weighted by atomic mass is 9.80. The third-order valence-corrected chi connectivity index (χ3v) is 18.2. The van der Waals surface area contributed by atoms with Crippen LogP contribution in [-0.4, -0.2) is 203 Å². The van der Waals surface area contributed by atoms with E-state index in [9.17, 15) is 43.2 Å². The molecule has 8 N–H and O–H groups in total. The van der Waals surface area contributed by atoms with Gasteiger partial charge < -0.3 is 65.9 Å². The van der Waals surface area contributed by atoms with Gasteiger partial charge in [-0.1, -0.05) is 24.3 Å². The summed E-state index contributed by atoms with van der Waals surface area (Å²) in [5.41, 5.74) is 11.1. The average molecular weight is 1250 g/mol. The van der Waals surface area contributed by atoms with Gasteiger partial charge >= 0.3 is 6.09 Å². The number of primary amides is 1. The van der Waals surface area contributed by atoms with E-state index < -0.39 is 59.2 Å². The highest BCUT2D eigenvalue weighted by Crippen LogP contribution is 2.36. The van der Waals surface area contributed by atoms with Crippen LogP contribution in [-0.2, 0) is 74.9 Å². The van der Waals surface area contributed by atoms with Gasteiger partial charge in [0.25, 0.3) is 0 Å². The van der Waals surface area contributed by atoms with E-state index in [2.05, 4.69) is 21.3 Å². The molecule has 89 heavy (non-hydrogen) atoms. The summed E-state index contributed by atoms with van der Waals surface area (Å²) in [6, 6.07) is 11.7. The number of hydrogen-bond acceptors (Lipinski definition) is 19. The normalized spacial score (nSPS) is 25.5. The molecule has 4 aliphatic heterocycles. The summed E-state index contributed by atoms with van der Waals surface area (Å²) in [5.74, 6) is -1.91. The molecule has 0 aromatic heterocycles. The van der Waals surface area contributed by atoms with Crippen LogP contribution in [0.4, 0.5) is 4.79 Å². The highest BCUT2D eigenvalue weighted by Gasteiger charge is 2.52. The van der Waals surface area contributed by atoms with E-state index in [1.165, 1.54) is 0 Å². The molecule has 2 saturated carbocycles. The number of carbonyl (C=O) groups excluding carboxylic acids is 9. The zero-order valence-corrected chi connectivity index (χ0v) is 52.9. The quantitative estimate of drug-likeness (QED) is 0.0591. The first-order valence-electron chi connectivity index (χ1n) is 31.7. The van der Waals surface area contributed by atoms with Crippen molar-refractivity contribution < 1.29 is 76.3 Å². The van der Waals surface area contributed by atoms with Gasteiger partial charge in [-0.25, -0.2) is 4.79 Å². The number of ether oxygens (including phenoxy) is 7. The number of morpholine rings is 2. The maximum Gasteiger partial charge on any atom is 0.404 e. The maximum atomic E-state index is 13.9. The molecular weight excluding hydrogens is 1150 g/mol. The Labute approximate surface area is 522 Å². The molecule has 8 rings (SSSR count). The van der Waals surface area contributed by atoms with Gasteiger partial charge in [0, 0.05) is 56.9 Å². The summed E-state index contributed by atoms with van der Waals surface area (Å²) in [7, 11) is 3.15. The fourth-order valence-corrected chi connectivity index (χ4v) is 12.1. The highest BCUT2D eigenvalue weighted by atomic mass is 16.6. The van der Waals surface area contributed by atoms with Crippen molar-refractivity contribution in [2.24, 2.45) is 35.1 Å². The minimum atomic E-state index is -0.954. The molecule has 0 bridgehead atoms. The van der Waals surface area contributed by atoms with E-state index in [1.807, 2.05) is 46.2 Å². The predicted octanol–water partition coefficient (Wildman–Crippen LogP) is 2.94. The summed E-state index contributed by atoms with van der Waals surface area (Å²) in [4.78, 5) is 122. The third kappa shape index (κ3) is 22.5. The molecule has 2 aromatic rings. The van der Waals surface area contributed by atoms with Crippen LogP contribution in [0.1, 0.15) is 116 Å². The molecule has 24 heteroatoms. The molecule has 6 aliphatic rings. The summed E-state index contributed by atoms with van der Waals surface area (Å²) >= 11 is 0. The Morgan fingerprint density at radius 3 is 1.26 bits per heavy atom. The van der Waals surface area contributed by atoms with Crippen LogP contribution in [0.25, 0.3) is 0 Å². The van der Waals surface area contributed by atoms with Gasteiger partial charge in [-0.3, -0.25) is 48.2 Å². The molecule has 0 radical (unpaired) electrons. The number of methoxy groups -OCH3 is 2. The molecule has 24 nitrogen and oxygen atoms in total. The summed E-state index contributed by atoms with van der Waals surface area (Å²) in [5, 5.41) is 11.6. The minimum absolute atomic E-state index is 0.0795. The minimum Gasteiger partial charge on any atom is -0.497 e. The molecule has 0 spiro atoms. The zero-order valence-electron chi connectivity index (χ0n) is 52.9. The Balaban J connectivity index is 0.000000254. The molecule has 492 valence electrons. The first kappa shape index (κ1) is 70.1. The van der Waals surface area contributed by atoms with Crippen LogP contribution in [0, 0.1) is 23.7 Å². The fraction of sp³-hybridized carbons (Fsp3) is 0.677. The second kappa shape index (κ2) is 33.6. The molecule has 8 unspecified atom stereocenters. The second-order valence-electron chi connectivity index (χ2n) is 25.4. The standard InChI is InChI=1S/C33H48N4O9.C32H48N4O7/c1-21(35-29(39)19-37-12-14-44-15-13-37)28(38)18-24(16-22-4-8-25(43-3)9-5-22)31(41)36-27(30(40)33(2)20-45-33)17-23-6-10-26(11-7-23)46-32(34)42;1-21(34-29(38)19-36-12-14-42-15-13-36)28(37)18-24(16-22-6-10-26(41-3)11-7-22)31(40)35-27(30(39)32(2)20-43-32)17-23-4-8-25(33)9-5-23/h4-5,8-9,21,23-24,26-27H,6-7,10-20H2,1-3H3,(H2,34,42)(H,35,39)(H,36,41);6-7,10-11,21,23-25,27H,4-5,8-9,12-20,33H2,1-3H3,(H,34,38)(H,35,40). The zero-order chi connectivity index (χ0) is 64.3. The smallest absolute Gasteiger partial charge is 0.404 e. The molecule has 2 aromatic carbocycles. The number of rotatable bonds is 31. The first-order valence-corrected chi connectivity index (χ1v) is 31.7. The number of nitrogens with one attached hydrogen (secondary N) is 4. The van der Waals surface area contributed by atoms with Crippen LogP contribution in [0.5, 0.6) is 11.5 Å². The number of nitrogens with zero attached hydrogens (tertiary/aromatic N) is 2. The van der Waals surface area contributed by atoms with Crippen LogP contribution >= 0.6 is 0 Å². The number of amides is 5. The van der Waals surface area contributed by atoms with Gasteiger partial charge in [0.1, 0.15) is 28.8 Å². The van der Waals surface area contributed by atoms with Crippen molar-refractivity contribution in [3.05, 3.63) is 59.7 Å². The summed E-state index contributed by atoms with van der Waals surface area (Å²) < 4.78 is 37.2. The number of carbonyl (C=O) groups is 9. The largest absolute Gasteiger partial charge is 0.497 e. The fourth-order valence-electron chi connectivity index (χ4n) is 12.1. The number of hydrogen-bond donors (Lipinski definition) is 6. The monoisotopic (exact) mass is 1240 g/mol. The van der Waals surface area contributed by atoms with Crippen LogP contribution in [0.2, 0.25) is 0 Å². The van der Waals surface area contributed by atoms with Crippen molar-refractivity contribution in [1.29, 1.82) is 0 Å². The lowest BCUT2D eigenvalue weighted by molar-refractivity contribution is -0.135. The van der Waals surface area contributed by atoms with Gasteiger partial charge in [-0.05, 0) is 152 Å². The van der Waals surface area contributed by atoms with Gasteiger partial charge in [0.05, 0.1) is 91.1 Å². The first-order chi connectivity index (χ1) is 42.5. The Morgan fingerprint density at radius 1 is 0.562 bits per heavy atom. The number of epoxide rings is 2. The maximum absolute atomic E-state index is 13.9. The Kier molecular flexibility index (Phi) is 26.4. The van der Waals surface area contributed by atoms with Gasteiger partial charge in [0.15, 0.2) is 23.1 Å². The lowest BCUT2D eigenvalue weighted by Crippen LogP contribution is -2.50.